The Morgan fingerprint density at radius 1 is 1.46 bits per heavy atom. The first-order chi connectivity index (χ1) is 11.4. The molecule has 1 aromatic heterocycles. The van der Waals surface area contributed by atoms with Gasteiger partial charge in [-0.3, -0.25) is 14.5 Å². The lowest BCUT2D eigenvalue weighted by Gasteiger charge is -2.49. The molecule has 3 heterocycles. The first-order valence-corrected chi connectivity index (χ1v) is 8.78. The molecule has 9 nitrogen and oxygen atoms in total. The summed E-state index contributed by atoms with van der Waals surface area (Å²) in [7, 11) is 0. The number of rotatable bonds is 5. The molecule has 2 N–H and O–H groups in total. The maximum absolute atomic E-state index is 12.2. The van der Waals surface area contributed by atoms with Crippen molar-refractivity contribution in [2.24, 2.45) is 0 Å². The van der Waals surface area contributed by atoms with Crippen molar-refractivity contribution in [3.05, 3.63) is 16.8 Å². The Morgan fingerprint density at radius 3 is 2.83 bits per heavy atom. The van der Waals surface area contributed by atoms with Crippen molar-refractivity contribution in [3.63, 3.8) is 0 Å². The molecule has 0 saturated carbocycles. The molecule has 3 atom stereocenters. The predicted octanol–water partition coefficient (Wildman–Crippen LogP) is -0.0178. The van der Waals surface area contributed by atoms with Gasteiger partial charge in [0.25, 0.3) is 17.0 Å². The third-order valence-electron chi connectivity index (χ3n) is 3.42. The van der Waals surface area contributed by atoms with Crippen LogP contribution >= 0.6 is 23.1 Å². The van der Waals surface area contributed by atoms with Crippen LogP contribution in [-0.4, -0.2) is 61.3 Å². The summed E-state index contributed by atoms with van der Waals surface area (Å²) in [6, 6.07) is -0.757. The smallest absolute Gasteiger partial charge is 0.352 e. The fraction of sp³-hybridized carbons (Fsp3) is 0.462. The molecule has 0 aromatic carbocycles. The number of fused-ring (bicyclic) bond motifs is 1. The largest absolute Gasteiger partial charge is 0.477 e. The lowest BCUT2D eigenvalue weighted by molar-refractivity contribution is -0.150. The average molecular weight is 370 g/mol. The molecule has 0 aliphatic carbocycles. The Balaban J connectivity index is 1.59. The molecular formula is C13H14N4O5S2. The monoisotopic (exact) mass is 370 g/mol. The number of carboxylic acid groups (broad SMARTS) is 1. The van der Waals surface area contributed by atoms with E-state index in [1.165, 1.54) is 34.1 Å². The molecule has 11 heteroatoms. The SMILES string of the molecule is Cc1nnc(OCC(=O)NC2C(=O)N3C(C(=O)O)=CC(C)S[C@@H]23)s1. The first-order valence-electron chi connectivity index (χ1n) is 7.02. The van der Waals surface area contributed by atoms with Gasteiger partial charge in [0, 0.05) is 5.25 Å². The van der Waals surface area contributed by atoms with E-state index < -0.39 is 29.2 Å². The number of nitrogens with zero attached hydrogens (tertiary/aromatic N) is 3. The highest BCUT2D eigenvalue weighted by Crippen LogP contribution is 2.40. The maximum Gasteiger partial charge on any atom is 0.352 e. The van der Waals surface area contributed by atoms with Gasteiger partial charge in [0.05, 0.1) is 0 Å². The van der Waals surface area contributed by atoms with Crippen molar-refractivity contribution in [2.45, 2.75) is 30.5 Å². The molecule has 2 amide bonds. The summed E-state index contributed by atoms with van der Waals surface area (Å²) in [4.78, 5) is 36.6. The Labute approximate surface area is 145 Å². The van der Waals surface area contributed by atoms with Crippen LogP contribution in [0.2, 0.25) is 0 Å². The summed E-state index contributed by atoms with van der Waals surface area (Å²) in [5.41, 5.74) is -0.0395. The van der Waals surface area contributed by atoms with E-state index in [2.05, 4.69) is 15.5 Å². The molecule has 24 heavy (non-hydrogen) atoms. The number of thioether (sulfide) groups is 1. The van der Waals surface area contributed by atoms with Gasteiger partial charge < -0.3 is 15.2 Å². The van der Waals surface area contributed by atoms with Crippen LogP contribution in [0.4, 0.5) is 0 Å². The van der Waals surface area contributed by atoms with E-state index in [1.54, 1.807) is 6.92 Å². The third-order valence-corrected chi connectivity index (χ3v) is 5.50. The Morgan fingerprint density at radius 2 is 2.21 bits per heavy atom. The highest BCUT2D eigenvalue weighted by atomic mass is 32.2. The van der Waals surface area contributed by atoms with E-state index in [0.717, 1.165) is 5.01 Å². The molecule has 0 radical (unpaired) electrons. The van der Waals surface area contributed by atoms with Crippen LogP contribution in [0.3, 0.4) is 0 Å². The number of β-lactam (4-membered cyclic amide) rings is 1. The van der Waals surface area contributed by atoms with Crippen LogP contribution < -0.4 is 10.1 Å². The topological polar surface area (TPSA) is 122 Å². The molecule has 0 spiro atoms. The number of aryl methyl sites for hydroxylation is 1. The van der Waals surface area contributed by atoms with E-state index in [4.69, 9.17) is 4.74 Å². The minimum absolute atomic E-state index is 0.0395. The number of aliphatic carboxylic acids is 1. The van der Waals surface area contributed by atoms with Crippen LogP contribution in [0.5, 0.6) is 5.19 Å². The van der Waals surface area contributed by atoms with Gasteiger partial charge >= 0.3 is 5.97 Å². The van der Waals surface area contributed by atoms with Gasteiger partial charge in [-0.25, -0.2) is 4.79 Å². The normalized spacial score (nSPS) is 25.4. The number of nitrogens with one attached hydrogen (secondary N) is 1. The lowest BCUT2D eigenvalue weighted by Crippen LogP contribution is -2.70. The number of ether oxygens (including phenoxy) is 1. The van der Waals surface area contributed by atoms with Crippen LogP contribution in [0.15, 0.2) is 11.8 Å². The van der Waals surface area contributed by atoms with Crippen molar-refractivity contribution < 1.29 is 24.2 Å². The molecule has 2 aliphatic heterocycles. The second kappa shape index (κ2) is 6.40. The standard InChI is InChI=1S/C13H14N4O5S2/c1-5-3-7(12(20)21)17-10(19)9(11(17)23-5)14-8(18)4-22-13-16-15-6(2)24-13/h3,5,9,11H,4H2,1-2H3,(H,14,18)(H,20,21)/t5?,9?,11-/m0/s1. The number of amides is 2. The van der Waals surface area contributed by atoms with Gasteiger partial charge in [0.1, 0.15) is 22.1 Å². The zero-order valence-corrected chi connectivity index (χ0v) is 14.4. The van der Waals surface area contributed by atoms with Crippen LogP contribution in [0.1, 0.15) is 11.9 Å². The zero-order valence-electron chi connectivity index (χ0n) is 12.8. The highest BCUT2D eigenvalue weighted by molar-refractivity contribution is 8.00. The van der Waals surface area contributed by atoms with E-state index in [0.29, 0.717) is 0 Å². The second-order valence-corrected chi connectivity index (χ2v) is 7.86. The van der Waals surface area contributed by atoms with E-state index >= 15 is 0 Å². The fourth-order valence-electron chi connectivity index (χ4n) is 2.41. The molecule has 2 unspecified atom stereocenters. The van der Waals surface area contributed by atoms with Crippen molar-refractivity contribution >= 4 is 40.9 Å². The van der Waals surface area contributed by atoms with Crippen LogP contribution in [0.25, 0.3) is 0 Å². The number of carbonyl (C=O) groups excluding carboxylic acids is 2. The highest BCUT2D eigenvalue weighted by Gasteiger charge is 2.53. The molecule has 2 aliphatic rings. The Hall–Kier alpha value is -2.14. The molecule has 0 bridgehead atoms. The van der Waals surface area contributed by atoms with Gasteiger partial charge in [-0.05, 0) is 19.9 Å². The third kappa shape index (κ3) is 3.08. The summed E-state index contributed by atoms with van der Waals surface area (Å²) in [6.07, 6.45) is 1.53. The van der Waals surface area contributed by atoms with Gasteiger partial charge in [0.15, 0.2) is 6.61 Å². The molecule has 1 fully saturated rings. The van der Waals surface area contributed by atoms with E-state index in [1.807, 2.05) is 6.92 Å². The van der Waals surface area contributed by atoms with Crippen LogP contribution in [-0.2, 0) is 14.4 Å². The summed E-state index contributed by atoms with van der Waals surface area (Å²) in [5.74, 6) is -2.06. The molecule has 1 saturated heterocycles. The number of carboxylic acids is 1. The van der Waals surface area contributed by atoms with Crippen molar-refractivity contribution in [2.75, 3.05) is 6.61 Å². The van der Waals surface area contributed by atoms with Gasteiger partial charge in [-0.2, -0.15) is 0 Å². The number of carbonyl (C=O) groups is 3. The minimum Gasteiger partial charge on any atom is -0.477 e. The van der Waals surface area contributed by atoms with Gasteiger partial charge in [-0.1, -0.05) is 11.3 Å². The van der Waals surface area contributed by atoms with E-state index in [9.17, 15) is 19.5 Å². The van der Waals surface area contributed by atoms with Gasteiger partial charge in [-0.15, -0.1) is 22.0 Å². The molecule has 3 rings (SSSR count). The van der Waals surface area contributed by atoms with Gasteiger partial charge in [0.2, 0.25) is 0 Å². The van der Waals surface area contributed by atoms with Crippen molar-refractivity contribution in [1.29, 1.82) is 0 Å². The summed E-state index contributed by atoms with van der Waals surface area (Å²) >= 11 is 2.63. The summed E-state index contributed by atoms with van der Waals surface area (Å²) < 4.78 is 5.21. The summed E-state index contributed by atoms with van der Waals surface area (Å²) in [6.45, 7) is 3.32. The van der Waals surface area contributed by atoms with Crippen molar-refractivity contribution in [3.8, 4) is 5.19 Å². The predicted molar refractivity (Wildman–Crippen MR) is 85.5 cm³/mol. The number of hydrogen-bond acceptors (Lipinski definition) is 8. The Kier molecular flexibility index (Phi) is 4.45. The quantitative estimate of drug-likeness (QED) is 0.694. The lowest BCUT2D eigenvalue weighted by atomic mass is 10.0. The minimum atomic E-state index is -1.15. The second-order valence-electron chi connectivity index (χ2n) is 5.22. The Bertz CT molecular complexity index is 734. The number of hydrogen-bond donors (Lipinski definition) is 2. The zero-order chi connectivity index (χ0) is 17.4. The summed E-state index contributed by atoms with van der Waals surface area (Å²) in [5, 5.41) is 19.8. The molecule has 128 valence electrons. The molecular weight excluding hydrogens is 356 g/mol. The van der Waals surface area contributed by atoms with E-state index in [-0.39, 0.29) is 22.7 Å². The first kappa shape index (κ1) is 16.7. The van der Waals surface area contributed by atoms with Crippen LogP contribution in [0, 0.1) is 6.92 Å². The molecule has 1 aromatic rings. The van der Waals surface area contributed by atoms with Crippen molar-refractivity contribution in [1.82, 2.24) is 20.4 Å². The average Bonchev–Trinajstić information content (AvgIpc) is 2.95. The fourth-order valence-corrected chi connectivity index (χ4v) is 4.27. The number of aromatic nitrogens is 2. The maximum atomic E-state index is 12.2.